The first-order valence-electron chi connectivity index (χ1n) is 19.4. The third kappa shape index (κ3) is 19.1. The van der Waals surface area contributed by atoms with E-state index in [4.69, 9.17) is 38.1 Å². The molecular weight excluding hydrogens is 710 g/mol. The van der Waals surface area contributed by atoms with Crippen LogP contribution in [-0.2, 0) is 39.7 Å². The van der Waals surface area contributed by atoms with E-state index in [2.05, 4.69) is 20.1 Å². The standard InChI is InChI=1S/C40H63N5O10/c1-40(2,3)55-39(48)41-18-10-8-6-7-9-17-36(33-14-12-16-35(43-33)38(47)50-5)45-21-25-53-29-27-51-23-19-44(20-24-52-28-30-54-26-22-45)31-32-13-11-15-34(42-32)37(46)49-4/h11-16,36H,6-10,17-31H2,1-5H3,(H,41,48). The molecule has 2 aromatic heterocycles. The number of hydrogen-bond acceptors (Lipinski definition) is 14. The summed E-state index contributed by atoms with van der Waals surface area (Å²) in [4.78, 5) is 50.0. The minimum absolute atomic E-state index is 0.0717. The Hall–Kier alpha value is -3.73. The van der Waals surface area contributed by atoms with Crippen molar-refractivity contribution in [2.45, 2.75) is 77.5 Å². The van der Waals surface area contributed by atoms with Gasteiger partial charge in [-0.1, -0.05) is 37.8 Å². The van der Waals surface area contributed by atoms with E-state index in [0.29, 0.717) is 92.1 Å². The molecule has 1 amide bonds. The number of pyridine rings is 2. The van der Waals surface area contributed by atoms with Gasteiger partial charge in [-0.2, -0.15) is 0 Å². The van der Waals surface area contributed by atoms with Crippen molar-refractivity contribution in [3.8, 4) is 0 Å². The molecule has 0 aromatic carbocycles. The second-order valence-corrected chi connectivity index (χ2v) is 14.2. The van der Waals surface area contributed by atoms with E-state index in [0.717, 1.165) is 49.9 Å². The lowest BCUT2D eigenvalue weighted by Gasteiger charge is -2.32. The molecule has 2 aromatic rings. The van der Waals surface area contributed by atoms with E-state index in [9.17, 15) is 14.4 Å². The first kappa shape index (κ1) is 45.7. The zero-order chi connectivity index (χ0) is 39.7. The number of nitrogens with one attached hydrogen (secondary N) is 1. The minimum atomic E-state index is -0.514. The molecule has 1 atom stereocenters. The van der Waals surface area contributed by atoms with Crippen LogP contribution in [0.2, 0.25) is 0 Å². The highest BCUT2D eigenvalue weighted by Crippen LogP contribution is 2.26. The lowest BCUT2D eigenvalue weighted by Crippen LogP contribution is -2.36. The molecule has 0 aliphatic carbocycles. The van der Waals surface area contributed by atoms with Crippen LogP contribution in [0.15, 0.2) is 36.4 Å². The first-order chi connectivity index (χ1) is 26.6. The molecule has 15 heteroatoms. The highest BCUT2D eigenvalue weighted by Gasteiger charge is 2.23. The molecule has 1 N–H and O–H groups in total. The smallest absolute Gasteiger partial charge is 0.407 e. The van der Waals surface area contributed by atoms with E-state index in [1.54, 1.807) is 18.2 Å². The summed E-state index contributed by atoms with van der Waals surface area (Å²) in [6.07, 6.45) is 5.32. The summed E-state index contributed by atoms with van der Waals surface area (Å²) in [6.45, 7) is 13.0. The molecule has 1 unspecified atom stereocenters. The van der Waals surface area contributed by atoms with Crippen LogP contribution < -0.4 is 5.32 Å². The van der Waals surface area contributed by atoms with Crippen LogP contribution >= 0.6 is 0 Å². The zero-order valence-electron chi connectivity index (χ0n) is 33.6. The fourth-order valence-corrected chi connectivity index (χ4v) is 5.97. The fourth-order valence-electron chi connectivity index (χ4n) is 5.97. The number of methoxy groups -OCH3 is 2. The van der Waals surface area contributed by atoms with Crippen molar-refractivity contribution in [1.29, 1.82) is 0 Å². The number of alkyl carbamates (subject to hydrolysis) is 1. The van der Waals surface area contributed by atoms with Crippen molar-refractivity contribution >= 4 is 18.0 Å². The molecular formula is C40H63N5O10. The number of esters is 2. The molecule has 55 heavy (non-hydrogen) atoms. The van der Waals surface area contributed by atoms with Crippen molar-refractivity contribution in [3.63, 3.8) is 0 Å². The SMILES string of the molecule is COC(=O)c1cccc(CN2CCOCCOCCN(C(CCCCCCCNC(=O)OC(C)(C)C)c3cccc(C(=O)OC)n3)CCOCCOCC2)n1. The predicted molar refractivity (Wildman–Crippen MR) is 206 cm³/mol. The summed E-state index contributed by atoms with van der Waals surface area (Å²) in [5, 5.41) is 2.83. The third-order valence-electron chi connectivity index (χ3n) is 8.75. The molecule has 0 saturated carbocycles. The molecule has 3 rings (SSSR count). The van der Waals surface area contributed by atoms with Crippen LogP contribution in [0.1, 0.15) is 97.7 Å². The number of unbranched alkanes of at least 4 members (excludes halogenated alkanes) is 4. The lowest BCUT2D eigenvalue weighted by molar-refractivity contribution is 0.000252. The number of carbonyl (C=O) groups excluding carboxylic acids is 3. The Kier molecular flexibility index (Phi) is 21.7. The Balaban J connectivity index is 1.56. The maximum atomic E-state index is 12.4. The van der Waals surface area contributed by atoms with Crippen LogP contribution in [0.25, 0.3) is 0 Å². The number of aromatic nitrogens is 2. The van der Waals surface area contributed by atoms with Crippen LogP contribution in [0.3, 0.4) is 0 Å². The molecule has 1 aliphatic rings. The number of nitrogens with zero attached hydrogens (tertiary/aromatic N) is 4. The van der Waals surface area contributed by atoms with Gasteiger partial charge in [0.2, 0.25) is 0 Å². The Morgan fingerprint density at radius 1 is 0.709 bits per heavy atom. The monoisotopic (exact) mass is 773 g/mol. The van der Waals surface area contributed by atoms with E-state index >= 15 is 0 Å². The quantitative estimate of drug-likeness (QED) is 0.158. The summed E-state index contributed by atoms with van der Waals surface area (Å²) in [5.74, 6) is -0.939. The van der Waals surface area contributed by atoms with E-state index in [1.807, 2.05) is 39.0 Å². The van der Waals surface area contributed by atoms with Crippen LogP contribution in [-0.4, -0.2) is 143 Å². The van der Waals surface area contributed by atoms with Gasteiger partial charge in [-0.25, -0.2) is 24.4 Å². The molecule has 0 spiro atoms. The number of carbonyl (C=O) groups is 3. The van der Waals surface area contributed by atoms with Gasteiger partial charge >= 0.3 is 18.0 Å². The van der Waals surface area contributed by atoms with Crippen LogP contribution in [0.5, 0.6) is 0 Å². The highest BCUT2D eigenvalue weighted by atomic mass is 16.6. The van der Waals surface area contributed by atoms with Gasteiger partial charge in [0.1, 0.15) is 17.0 Å². The van der Waals surface area contributed by atoms with Crippen molar-refractivity contribution in [2.75, 3.05) is 99.8 Å². The molecule has 1 saturated heterocycles. The topological polar surface area (TPSA) is 160 Å². The Morgan fingerprint density at radius 2 is 1.24 bits per heavy atom. The van der Waals surface area contributed by atoms with Crippen LogP contribution in [0, 0.1) is 0 Å². The van der Waals surface area contributed by atoms with E-state index in [-0.39, 0.29) is 23.5 Å². The van der Waals surface area contributed by atoms with Crippen molar-refractivity contribution in [3.05, 3.63) is 59.2 Å². The number of hydrogen-bond donors (Lipinski definition) is 1. The molecule has 3 heterocycles. The summed E-state index contributed by atoms with van der Waals surface area (Å²) in [5.41, 5.74) is 1.60. The van der Waals surface area contributed by atoms with Gasteiger partial charge in [0.15, 0.2) is 0 Å². The summed E-state index contributed by atoms with van der Waals surface area (Å²) < 4.78 is 39.0. The summed E-state index contributed by atoms with van der Waals surface area (Å²) in [6, 6.07) is 10.7. The average Bonchev–Trinajstić information content (AvgIpc) is 3.17. The van der Waals surface area contributed by atoms with Gasteiger partial charge in [-0.3, -0.25) is 9.80 Å². The van der Waals surface area contributed by atoms with E-state index in [1.165, 1.54) is 14.2 Å². The van der Waals surface area contributed by atoms with Crippen LogP contribution in [0.4, 0.5) is 4.79 Å². The molecule has 1 aliphatic heterocycles. The van der Waals surface area contributed by atoms with Gasteiger partial charge in [0.05, 0.1) is 84.5 Å². The maximum absolute atomic E-state index is 12.4. The molecule has 1 fully saturated rings. The molecule has 0 bridgehead atoms. The summed E-state index contributed by atoms with van der Waals surface area (Å²) in [7, 11) is 2.70. The third-order valence-corrected chi connectivity index (χ3v) is 8.75. The number of ether oxygens (including phenoxy) is 7. The van der Waals surface area contributed by atoms with Gasteiger partial charge in [-0.05, 0) is 57.9 Å². The molecule has 0 radical (unpaired) electrons. The predicted octanol–water partition coefficient (Wildman–Crippen LogP) is 4.84. The van der Waals surface area contributed by atoms with Gasteiger partial charge in [0.25, 0.3) is 0 Å². The number of rotatable bonds is 14. The second-order valence-electron chi connectivity index (χ2n) is 14.2. The van der Waals surface area contributed by atoms with Gasteiger partial charge in [-0.15, -0.1) is 0 Å². The number of amides is 1. The second kappa shape index (κ2) is 26.2. The van der Waals surface area contributed by atoms with Gasteiger partial charge in [0, 0.05) is 39.3 Å². The molecule has 15 nitrogen and oxygen atoms in total. The minimum Gasteiger partial charge on any atom is -0.464 e. The molecule has 308 valence electrons. The van der Waals surface area contributed by atoms with Gasteiger partial charge < -0.3 is 38.5 Å². The Labute approximate surface area is 326 Å². The zero-order valence-corrected chi connectivity index (χ0v) is 33.6. The largest absolute Gasteiger partial charge is 0.464 e. The Bertz CT molecular complexity index is 1390. The van der Waals surface area contributed by atoms with E-state index < -0.39 is 17.5 Å². The normalized spacial score (nSPS) is 17.0. The Morgan fingerprint density at radius 3 is 1.82 bits per heavy atom. The highest BCUT2D eigenvalue weighted by molar-refractivity contribution is 5.87. The summed E-state index contributed by atoms with van der Waals surface area (Å²) >= 11 is 0. The van der Waals surface area contributed by atoms with Crippen molar-refractivity contribution < 1.29 is 47.5 Å². The van der Waals surface area contributed by atoms with Crippen molar-refractivity contribution in [1.82, 2.24) is 25.1 Å². The van der Waals surface area contributed by atoms with Crippen molar-refractivity contribution in [2.24, 2.45) is 0 Å². The lowest BCUT2D eigenvalue weighted by atomic mass is 10.0. The first-order valence-corrected chi connectivity index (χ1v) is 19.4. The fraction of sp³-hybridized carbons (Fsp3) is 0.675. The maximum Gasteiger partial charge on any atom is 0.407 e. The average molecular weight is 774 g/mol.